The van der Waals surface area contributed by atoms with E-state index in [0.29, 0.717) is 12.5 Å². The van der Waals surface area contributed by atoms with Crippen LogP contribution in [0.2, 0.25) is 0 Å². The van der Waals surface area contributed by atoms with Crippen LogP contribution in [0.5, 0.6) is 0 Å². The van der Waals surface area contributed by atoms with Gasteiger partial charge in [0.25, 0.3) is 0 Å². The molecule has 1 fully saturated rings. The van der Waals surface area contributed by atoms with Crippen LogP contribution in [0.4, 0.5) is 0 Å². The molecule has 5 nitrogen and oxygen atoms in total. The van der Waals surface area contributed by atoms with Crippen molar-refractivity contribution in [3.63, 3.8) is 0 Å². The summed E-state index contributed by atoms with van der Waals surface area (Å²) in [4.78, 5) is 4.60. The van der Waals surface area contributed by atoms with Gasteiger partial charge in [0.05, 0.1) is 19.3 Å². The maximum absolute atomic E-state index is 9.90. The number of hydrogen-bond acceptors (Lipinski definition) is 3. The summed E-state index contributed by atoms with van der Waals surface area (Å²) in [5.74, 6) is 1.06. The van der Waals surface area contributed by atoms with Gasteiger partial charge in [-0.15, -0.1) is 24.0 Å². The lowest BCUT2D eigenvalue weighted by Crippen LogP contribution is -2.41. The SMILES string of the molecule is CCNC(=NCC(CO)c1ccccc1)NCC1CCCC1O.I. The Balaban J connectivity index is 0.00000288. The minimum Gasteiger partial charge on any atom is -0.396 e. The van der Waals surface area contributed by atoms with Crippen LogP contribution in [0.1, 0.15) is 37.7 Å². The summed E-state index contributed by atoms with van der Waals surface area (Å²) >= 11 is 0. The first-order valence-corrected chi connectivity index (χ1v) is 8.60. The number of benzene rings is 1. The van der Waals surface area contributed by atoms with Gasteiger partial charge >= 0.3 is 0 Å². The number of nitrogens with zero attached hydrogens (tertiary/aromatic N) is 1. The molecule has 2 rings (SSSR count). The predicted molar refractivity (Wildman–Crippen MR) is 109 cm³/mol. The number of aliphatic hydroxyl groups is 2. The normalized spacial score (nSPS) is 21.9. The summed E-state index contributed by atoms with van der Waals surface area (Å²) in [5.41, 5.74) is 1.10. The van der Waals surface area contributed by atoms with Crippen molar-refractivity contribution >= 4 is 29.9 Å². The molecule has 0 amide bonds. The van der Waals surface area contributed by atoms with E-state index in [2.05, 4.69) is 15.6 Å². The van der Waals surface area contributed by atoms with Gasteiger partial charge in [0.2, 0.25) is 0 Å². The van der Waals surface area contributed by atoms with E-state index in [0.717, 1.165) is 43.9 Å². The maximum atomic E-state index is 9.90. The van der Waals surface area contributed by atoms with Gasteiger partial charge < -0.3 is 20.8 Å². The standard InChI is InChI=1S/C18H29N3O2.HI/c1-2-19-18(20-11-15-9-6-10-17(15)23)21-12-16(13-22)14-7-4-3-5-8-14;/h3-5,7-8,15-17,22-23H,2,6,9-13H2,1H3,(H2,19,20,21);1H. The van der Waals surface area contributed by atoms with E-state index in [4.69, 9.17) is 0 Å². The van der Waals surface area contributed by atoms with Crippen molar-refractivity contribution in [1.82, 2.24) is 10.6 Å². The third kappa shape index (κ3) is 6.57. The molecule has 0 saturated heterocycles. The quantitative estimate of drug-likeness (QED) is 0.294. The number of guanidine groups is 1. The Labute approximate surface area is 162 Å². The van der Waals surface area contributed by atoms with Crippen LogP contribution in [-0.2, 0) is 0 Å². The van der Waals surface area contributed by atoms with Gasteiger partial charge in [-0.25, -0.2) is 0 Å². The number of aliphatic hydroxyl groups excluding tert-OH is 2. The van der Waals surface area contributed by atoms with Crippen molar-refractivity contribution in [3.05, 3.63) is 35.9 Å². The average molecular weight is 447 g/mol. The Morgan fingerprint density at radius 2 is 2.00 bits per heavy atom. The monoisotopic (exact) mass is 447 g/mol. The summed E-state index contributed by atoms with van der Waals surface area (Å²) in [6.07, 6.45) is 2.87. The van der Waals surface area contributed by atoms with Crippen molar-refractivity contribution in [3.8, 4) is 0 Å². The second-order valence-corrected chi connectivity index (χ2v) is 6.15. The molecular weight excluding hydrogens is 417 g/mol. The van der Waals surface area contributed by atoms with Crippen LogP contribution in [0.3, 0.4) is 0 Å². The van der Waals surface area contributed by atoms with Crippen LogP contribution in [0, 0.1) is 5.92 Å². The maximum Gasteiger partial charge on any atom is 0.191 e. The molecule has 1 aromatic rings. The Morgan fingerprint density at radius 3 is 2.58 bits per heavy atom. The molecule has 0 aliphatic heterocycles. The minimum atomic E-state index is -0.195. The smallest absolute Gasteiger partial charge is 0.191 e. The molecule has 3 atom stereocenters. The lowest BCUT2D eigenvalue weighted by molar-refractivity contribution is 0.134. The Bertz CT molecular complexity index is 484. The molecule has 0 radical (unpaired) electrons. The fourth-order valence-electron chi connectivity index (χ4n) is 3.02. The first-order chi connectivity index (χ1) is 11.2. The highest BCUT2D eigenvalue weighted by atomic mass is 127. The van der Waals surface area contributed by atoms with E-state index < -0.39 is 0 Å². The van der Waals surface area contributed by atoms with E-state index in [9.17, 15) is 10.2 Å². The summed E-state index contributed by atoms with van der Waals surface area (Å²) in [7, 11) is 0. The fraction of sp³-hybridized carbons (Fsp3) is 0.611. The molecular formula is C18H30IN3O2. The summed E-state index contributed by atoms with van der Waals surface area (Å²) in [6, 6.07) is 9.97. The van der Waals surface area contributed by atoms with Crippen molar-refractivity contribution in [2.75, 3.05) is 26.2 Å². The minimum absolute atomic E-state index is 0. The zero-order valence-electron chi connectivity index (χ0n) is 14.3. The number of aliphatic imine (C=N–C) groups is 1. The second kappa shape index (κ2) is 11.7. The first kappa shape index (κ1) is 21.2. The van der Waals surface area contributed by atoms with E-state index in [1.54, 1.807) is 0 Å². The van der Waals surface area contributed by atoms with Gasteiger partial charge in [0, 0.05) is 24.9 Å². The van der Waals surface area contributed by atoms with Gasteiger partial charge in [-0.1, -0.05) is 36.8 Å². The largest absolute Gasteiger partial charge is 0.396 e. The van der Waals surface area contributed by atoms with E-state index in [1.165, 1.54) is 0 Å². The van der Waals surface area contributed by atoms with E-state index in [1.807, 2.05) is 37.3 Å². The summed E-state index contributed by atoms with van der Waals surface area (Å²) in [5, 5.41) is 26.1. The van der Waals surface area contributed by atoms with E-state index >= 15 is 0 Å². The second-order valence-electron chi connectivity index (χ2n) is 6.15. The number of nitrogens with one attached hydrogen (secondary N) is 2. The molecule has 6 heteroatoms. The van der Waals surface area contributed by atoms with Gasteiger partial charge in [0.15, 0.2) is 5.96 Å². The Morgan fingerprint density at radius 1 is 1.25 bits per heavy atom. The number of hydrogen-bond donors (Lipinski definition) is 4. The van der Waals surface area contributed by atoms with E-state index in [-0.39, 0.29) is 42.6 Å². The number of halogens is 1. The fourth-order valence-corrected chi connectivity index (χ4v) is 3.02. The molecule has 24 heavy (non-hydrogen) atoms. The lowest BCUT2D eigenvalue weighted by Gasteiger charge is -2.19. The van der Waals surface area contributed by atoms with Crippen molar-refractivity contribution in [1.29, 1.82) is 0 Å². The third-order valence-electron chi connectivity index (χ3n) is 4.46. The first-order valence-electron chi connectivity index (χ1n) is 8.60. The van der Waals surface area contributed by atoms with Crippen LogP contribution in [0.25, 0.3) is 0 Å². The molecule has 1 saturated carbocycles. The van der Waals surface area contributed by atoms with Crippen LogP contribution in [0.15, 0.2) is 35.3 Å². The van der Waals surface area contributed by atoms with Gasteiger partial charge in [-0.2, -0.15) is 0 Å². The molecule has 0 bridgehead atoms. The molecule has 0 aromatic heterocycles. The molecule has 1 aliphatic carbocycles. The Kier molecular flexibility index (Phi) is 10.3. The topological polar surface area (TPSA) is 76.9 Å². The van der Waals surface area contributed by atoms with Gasteiger partial charge in [-0.3, -0.25) is 4.99 Å². The van der Waals surface area contributed by atoms with Crippen molar-refractivity contribution in [2.45, 2.75) is 38.2 Å². The van der Waals surface area contributed by atoms with Gasteiger partial charge in [-0.05, 0) is 25.3 Å². The zero-order valence-corrected chi connectivity index (χ0v) is 16.6. The van der Waals surface area contributed by atoms with Crippen LogP contribution < -0.4 is 10.6 Å². The summed E-state index contributed by atoms with van der Waals surface area (Å²) < 4.78 is 0. The Hall–Kier alpha value is -0.860. The van der Waals surface area contributed by atoms with Crippen LogP contribution >= 0.6 is 24.0 Å². The highest BCUT2D eigenvalue weighted by molar-refractivity contribution is 14.0. The van der Waals surface area contributed by atoms with Crippen molar-refractivity contribution < 1.29 is 10.2 Å². The summed E-state index contributed by atoms with van der Waals surface area (Å²) in [6.45, 7) is 4.16. The molecule has 3 unspecified atom stereocenters. The molecule has 4 N–H and O–H groups in total. The van der Waals surface area contributed by atoms with Crippen LogP contribution in [-0.4, -0.2) is 48.5 Å². The molecule has 136 valence electrons. The average Bonchev–Trinajstić information content (AvgIpc) is 2.99. The molecule has 1 aliphatic rings. The predicted octanol–water partition coefficient (Wildman–Crippen LogP) is 2.10. The molecule has 0 spiro atoms. The number of rotatable bonds is 7. The van der Waals surface area contributed by atoms with Gasteiger partial charge in [0.1, 0.15) is 0 Å². The lowest BCUT2D eigenvalue weighted by atomic mass is 10.0. The molecule has 1 aromatic carbocycles. The zero-order chi connectivity index (χ0) is 16.5. The highest BCUT2D eigenvalue weighted by Gasteiger charge is 2.25. The molecule has 0 heterocycles. The van der Waals surface area contributed by atoms with Crippen molar-refractivity contribution in [2.24, 2.45) is 10.9 Å². The third-order valence-corrected chi connectivity index (χ3v) is 4.46. The highest BCUT2D eigenvalue weighted by Crippen LogP contribution is 2.24.